The number of hydrogen-bond acceptors (Lipinski definition) is 6. The highest BCUT2D eigenvalue weighted by atomic mass is 19.1. The van der Waals surface area contributed by atoms with E-state index in [0.717, 1.165) is 0 Å². The van der Waals surface area contributed by atoms with Crippen molar-refractivity contribution in [2.45, 2.75) is 6.54 Å². The molecule has 0 saturated carbocycles. The summed E-state index contributed by atoms with van der Waals surface area (Å²) in [6.07, 6.45) is 1.59. The Kier molecular flexibility index (Phi) is 6.23. The fourth-order valence-electron chi connectivity index (χ4n) is 2.73. The molecule has 0 aliphatic heterocycles. The van der Waals surface area contributed by atoms with Gasteiger partial charge >= 0.3 is 0 Å². The molecule has 0 aliphatic carbocycles. The third kappa shape index (κ3) is 4.60. The van der Waals surface area contributed by atoms with Crippen molar-refractivity contribution in [3.8, 4) is 22.9 Å². The molecule has 7 nitrogen and oxygen atoms in total. The maximum Gasteiger partial charge on any atom is 0.254 e. The largest absolute Gasteiger partial charge is 0.493 e. The maximum atomic E-state index is 13.1. The lowest BCUT2D eigenvalue weighted by atomic mass is 10.2. The first kappa shape index (κ1) is 20.1. The number of amides is 1. The van der Waals surface area contributed by atoms with Crippen LogP contribution in [0.1, 0.15) is 16.2 Å². The Morgan fingerprint density at radius 1 is 1.17 bits per heavy atom. The van der Waals surface area contributed by atoms with Gasteiger partial charge in [-0.05, 0) is 42.5 Å². The summed E-state index contributed by atoms with van der Waals surface area (Å²) in [6.45, 7) is 4.03. The van der Waals surface area contributed by atoms with Gasteiger partial charge in [0.25, 0.3) is 5.91 Å². The lowest BCUT2D eigenvalue weighted by Crippen LogP contribution is -2.30. The summed E-state index contributed by atoms with van der Waals surface area (Å²) in [5.41, 5.74) is 1.03. The van der Waals surface area contributed by atoms with Crippen LogP contribution in [0.25, 0.3) is 11.4 Å². The molecule has 1 heterocycles. The molecule has 1 aromatic heterocycles. The van der Waals surface area contributed by atoms with Crippen molar-refractivity contribution >= 4 is 5.91 Å². The highest BCUT2D eigenvalue weighted by Crippen LogP contribution is 2.31. The highest BCUT2D eigenvalue weighted by molar-refractivity contribution is 5.94. The Labute approximate surface area is 167 Å². The van der Waals surface area contributed by atoms with E-state index < -0.39 is 5.82 Å². The number of ether oxygens (including phenoxy) is 2. The van der Waals surface area contributed by atoms with Gasteiger partial charge < -0.3 is 18.9 Å². The van der Waals surface area contributed by atoms with E-state index in [9.17, 15) is 9.18 Å². The molecule has 0 unspecified atom stereocenters. The van der Waals surface area contributed by atoms with Gasteiger partial charge in [-0.25, -0.2) is 4.39 Å². The molecule has 0 radical (unpaired) electrons. The minimum absolute atomic E-state index is 0.0858. The number of methoxy groups -OCH3 is 2. The molecule has 8 heteroatoms. The van der Waals surface area contributed by atoms with Crippen molar-refractivity contribution in [3.63, 3.8) is 0 Å². The first-order valence-electron chi connectivity index (χ1n) is 8.76. The summed E-state index contributed by atoms with van der Waals surface area (Å²) in [6, 6.07) is 10.6. The molecular weight excluding hydrogens is 377 g/mol. The van der Waals surface area contributed by atoms with E-state index in [4.69, 9.17) is 14.0 Å². The van der Waals surface area contributed by atoms with Gasteiger partial charge in [0.05, 0.1) is 14.2 Å². The summed E-state index contributed by atoms with van der Waals surface area (Å²) in [5, 5.41) is 3.98. The second-order valence-electron chi connectivity index (χ2n) is 6.06. The Morgan fingerprint density at radius 2 is 1.90 bits per heavy atom. The Bertz CT molecular complexity index is 1000. The van der Waals surface area contributed by atoms with E-state index in [0.29, 0.717) is 28.5 Å². The lowest BCUT2D eigenvalue weighted by Gasteiger charge is -2.19. The molecule has 29 heavy (non-hydrogen) atoms. The predicted octanol–water partition coefficient (Wildman–Crippen LogP) is 3.72. The summed E-state index contributed by atoms with van der Waals surface area (Å²) in [4.78, 5) is 18.6. The summed E-state index contributed by atoms with van der Waals surface area (Å²) in [7, 11) is 3.09. The van der Waals surface area contributed by atoms with Crippen LogP contribution in [0.4, 0.5) is 4.39 Å². The number of aromatic nitrogens is 2. The van der Waals surface area contributed by atoms with E-state index in [1.54, 1.807) is 31.4 Å². The average molecular weight is 397 g/mol. The zero-order valence-corrected chi connectivity index (χ0v) is 16.1. The number of halogens is 1. The van der Waals surface area contributed by atoms with Crippen molar-refractivity contribution < 1.29 is 23.2 Å². The van der Waals surface area contributed by atoms with E-state index in [-0.39, 0.29) is 24.9 Å². The third-order valence-corrected chi connectivity index (χ3v) is 4.16. The second kappa shape index (κ2) is 9.01. The van der Waals surface area contributed by atoms with Crippen LogP contribution in [-0.4, -0.2) is 41.7 Å². The average Bonchev–Trinajstić information content (AvgIpc) is 3.21. The van der Waals surface area contributed by atoms with E-state index >= 15 is 0 Å². The molecule has 0 spiro atoms. The standard InChI is InChI=1S/C21H20FN3O4/c1-4-11-25(21(26)14-5-8-16(22)9-6-14)13-19-23-20(24-29-19)15-7-10-17(27-2)18(12-15)28-3/h4-10,12H,1,11,13H2,2-3H3. The van der Waals surface area contributed by atoms with Crippen molar-refractivity contribution in [2.75, 3.05) is 20.8 Å². The first-order valence-corrected chi connectivity index (χ1v) is 8.76. The quantitative estimate of drug-likeness (QED) is 0.539. The molecule has 3 aromatic rings. The minimum atomic E-state index is -0.409. The topological polar surface area (TPSA) is 77.7 Å². The third-order valence-electron chi connectivity index (χ3n) is 4.16. The van der Waals surface area contributed by atoms with Gasteiger partial charge in [0.2, 0.25) is 11.7 Å². The molecule has 1 amide bonds. The van der Waals surface area contributed by atoms with Crippen LogP contribution in [0.3, 0.4) is 0 Å². The fraction of sp³-hybridized carbons (Fsp3) is 0.190. The van der Waals surface area contributed by atoms with Crippen LogP contribution in [0.15, 0.2) is 59.6 Å². The normalized spacial score (nSPS) is 10.4. The van der Waals surface area contributed by atoms with Crippen LogP contribution < -0.4 is 9.47 Å². The van der Waals surface area contributed by atoms with Crippen molar-refractivity contribution in [2.24, 2.45) is 0 Å². The van der Waals surface area contributed by atoms with Crippen LogP contribution in [0.5, 0.6) is 11.5 Å². The van der Waals surface area contributed by atoms with Crippen LogP contribution in [-0.2, 0) is 6.54 Å². The maximum absolute atomic E-state index is 13.1. The number of rotatable bonds is 8. The molecule has 3 rings (SSSR count). The molecule has 0 bridgehead atoms. The van der Waals surface area contributed by atoms with Crippen molar-refractivity contribution in [1.82, 2.24) is 15.0 Å². The SMILES string of the molecule is C=CCN(Cc1nc(-c2ccc(OC)c(OC)c2)no1)C(=O)c1ccc(F)cc1. The predicted molar refractivity (Wildman–Crippen MR) is 104 cm³/mol. The van der Waals surface area contributed by atoms with E-state index in [1.165, 1.54) is 36.3 Å². The van der Waals surface area contributed by atoms with E-state index in [2.05, 4.69) is 16.7 Å². The van der Waals surface area contributed by atoms with Crippen LogP contribution in [0.2, 0.25) is 0 Å². The molecule has 0 fully saturated rings. The molecule has 0 aliphatic rings. The van der Waals surface area contributed by atoms with Crippen molar-refractivity contribution in [3.05, 3.63) is 72.4 Å². The molecule has 0 N–H and O–H groups in total. The number of carbonyl (C=O) groups is 1. The van der Waals surface area contributed by atoms with Gasteiger partial charge in [0, 0.05) is 17.7 Å². The molecule has 150 valence electrons. The summed E-state index contributed by atoms with van der Waals surface area (Å²) >= 11 is 0. The molecule has 2 aromatic carbocycles. The van der Waals surface area contributed by atoms with E-state index in [1.807, 2.05) is 0 Å². The monoisotopic (exact) mass is 397 g/mol. The van der Waals surface area contributed by atoms with Gasteiger partial charge in [-0.15, -0.1) is 6.58 Å². The van der Waals surface area contributed by atoms with Crippen LogP contribution >= 0.6 is 0 Å². The van der Waals surface area contributed by atoms with Gasteiger partial charge in [-0.2, -0.15) is 4.98 Å². The number of carbonyl (C=O) groups excluding carboxylic acids is 1. The van der Waals surface area contributed by atoms with Gasteiger partial charge in [-0.3, -0.25) is 4.79 Å². The molecular formula is C21H20FN3O4. The lowest BCUT2D eigenvalue weighted by molar-refractivity contribution is 0.0745. The zero-order chi connectivity index (χ0) is 20.8. The Hall–Kier alpha value is -3.68. The zero-order valence-electron chi connectivity index (χ0n) is 16.1. The Balaban J connectivity index is 1.80. The Morgan fingerprint density at radius 3 is 2.55 bits per heavy atom. The number of hydrogen-bond donors (Lipinski definition) is 0. The van der Waals surface area contributed by atoms with Gasteiger partial charge in [-0.1, -0.05) is 11.2 Å². The first-order chi connectivity index (χ1) is 14.0. The van der Waals surface area contributed by atoms with Gasteiger partial charge in [0.15, 0.2) is 11.5 Å². The molecule has 0 atom stereocenters. The number of benzene rings is 2. The smallest absolute Gasteiger partial charge is 0.254 e. The van der Waals surface area contributed by atoms with Crippen molar-refractivity contribution in [1.29, 1.82) is 0 Å². The van der Waals surface area contributed by atoms with Crippen LogP contribution in [0, 0.1) is 5.82 Å². The second-order valence-corrected chi connectivity index (χ2v) is 6.06. The molecule has 0 saturated heterocycles. The minimum Gasteiger partial charge on any atom is -0.493 e. The highest BCUT2D eigenvalue weighted by Gasteiger charge is 2.19. The number of nitrogens with zero attached hydrogens (tertiary/aromatic N) is 3. The summed E-state index contributed by atoms with van der Waals surface area (Å²) < 4.78 is 28.9. The fourth-order valence-corrected chi connectivity index (χ4v) is 2.73. The van der Waals surface area contributed by atoms with Gasteiger partial charge in [0.1, 0.15) is 12.4 Å². The summed E-state index contributed by atoms with van der Waals surface area (Å²) in [5.74, 6) is 1.03.